The van der Waals surface area contributed by atoms with Crippen molar-refractivity contribution in [2.45, 2.75) is 32.9 Å². The van der Waals surface area contributed by atoms with Gasteiger partial charge in [-0.25, -0.2) is 0 Å². The minimum atomic E-state index is -0.753. The molecule has 3 heterocycles. The molecule has 0 saturated carbocycles. The quantitative estimate of drug-likeness (QED) is 0.648. The molecule has 0 spiro atoms. The molecular formula is C20H21N5O4. The Labute approximate surface area is 167 Å². The van der Waals surface area contributed by atoms with E-state index in [0.29, 0.717) is 37.1 Å². The van der Waals surface area contributed by atoms with Gasteiger partial charge in [-0.2, -0.15) is 4.98 Å². The molecule has 0 aliphatic carbocycles. The molecule has 1 atom stereocenters. The average Bonchev–Trinajstić information content (AvgIpc) is 3.33. The van der Waals surface area contributed by atoms with Crippen molar-refractivity contribution in [1.82, 2.24) is 25.1 Å². The summed E-state index contributed by atoms with van der Waals surface area (Å²) in [5.41, 5.74) is 1.21. The second-order valence-corrected chi connectivity index (χ2v) is 7.02. The fraction of sp³-hybridized carbons (Fsp3) is 0.350. The Morgan fingerprint density at radius 3 is 2.59 bits per heavy atom. The van der Waals surface area contributed by atoms with Crippen LogP contribution in [0.3, 0.4) is 0 Å². The summed E-state index contributed by atoms with van der Waals surface area (Å²) in [6.45, 7) is 4.70. The number of hydrogen-bond acceptors (Lipinski definition) is 7. The zero-order chi connectivity index (χ0) is 20.4. The zero-order valence-electron chi connectivity index (χ0n) is 16.2. The topological polar surface area (TPSA) is 106 Å². The van der Waals surface area contributed by atoms with Crippen LogP contribution in [0.1, 0.15) is 33.5 Å². The number of carbonyl (C=O) groups excluding carboxylic acids is 2. The first kappa shape index (κ1) is 18.9. The molecule has 1 aromatic carbocycles. The third kappa shape index (κ3) is 4.03. The van der Waals surface area contributed by atoms with Gasteiger partial charge in [-0.1, -0.05) is 40.6 Å². The summed E-state index contributed by atoms with van der Waals surface area (Å²) in [6, 6.07) is 10.6. The summed E-state index contributed by atoms with van der Waals surface area (Å²) in [5, 5.41) is 7.59. The molecule has 0 N–H and O–H groups in total. The third-order valence-electron chi connectivity index (χ3n) is 4.85. The monoisotopic (exact) mass is 395 g/mol. The van der Waals surface area contributed by atoms with Crippen LogP contribution in [-0.2, 0) is 17.8 Å². The fourth-order valence-corrected chi connectivity index (χ4v) is 3.44. The molecule has 150 valence electrons. The lowest BCUT2D eigenvalue weighted by Gasteiger charge is -2.40. The molecule has 1 fully saturated rings. The van der Waals surface area contributed by atoms with Crippen molar-refractivity contribution in [2.24, 2.45) is 0 Å². The van der Waals surface area contributed by atoms with Gasteiger partial charge >= 0.3 is 0 Å². The molecule has 9 nitrogen and oxygen atoms in total. The van der Waals surface area contributed by atoms with Gasteiger partial charge in [0.05, 0.1) is 6.42 Å². The van der Waals surface area contributed by atoms with Crippen LogP contribution in [0.4, 0.5) is 0 Å². The summed E-state index contributed by atoms with van der Waals surface area (Å²) in [5.74, 6) is 0.817. The predicted octanol–water partition coefficient (Wildman–Crippen LogP) is 1.77. The number of benzene rings is 1. The first-order chi connectivity index (χ1) is 14.0. The number of hydrogen-bond donors (Lipinski definition) is 0. The minimum Gasteiger partial charge on any atom is -0.361 e. The van der Waals surface area contributed by atoms with E-state index in [1.165, 1.54) is 4.90 Å². The highest BCUT2D eigenvalue weighted by Gasteiger charge is 2.39. The second-order valence-electron chi connectivity index (χ2n) is 7.02. The Kier molecular flexibility index (Phi) is 5.11. The Balaban J connectivity index is 1.59. The van der Waals surface area contributed by atoms with Crippen molar-refractivity contribution in [3.05, 3.63) is 65.1 Å². The van der Waals surface area contributed by atoms with Crippen molar-refractivity contribution in [3.8, 4) is 0 Å². The first-order valence-electron chi connectivity index (χ1n) is 9.37. The van der Waals surface area contributed by atoms with E-state index in [1.54, 1.807) is 24.8 Å². The summed E-state index contributed by atoms with van der Waals surface area (Å²) in [4.78, 5) is 33.8. The smallest absolute Gasteiger partial charge is 0.276 e. The van der Waals surface area contributed by atoms with E-state index in [4.69, 9.17) is 9.05 Å². The Bertz CT molecular complexity index is 1010. The average molecular weight is 395 g/mol. The van der Waals surface area contributed by atoms with E-state index < -0.39 is 6.04 Å². The molecule has 9 heteroatoms. The van der Waals surface area contributed by atoms with Crippen molar-refractivity contribution < 1.29 is 18.6 Å². The number of aryl methyl sites for hydroxylation is 2. The molecule has 0 bridgehead atoms. The molecule has 3 aromatic rings. The summed E-state index contributed by atoms with van der Waals surface area (Å²) in [6.07, 6.45) is 0.146. The van der Waals surface area contributed by atoms with Gasteiger partial charge in [-0.3, -0.25) is 9.59 Å². The Morgan fingerprint density at radius 1 is 1.14 bits per heavy atom. The van der Waals surface area contributed by atoms with Gasteiger partial charge in [0.25, 0.3) is 5.91 Å². The molecular weight excluding hydrogens is 374 g/mol. The van der Waals surface area contributed by atoms with Crippen LogP contribution in [0.2, 0.25) is 0 Å². The van der Waals surface area contributed by atoms with Crippen LogP contribution in [0.25, 0.3) is 0 Å². The highest BCUT2D eigenvalue weighted by atomic mass is 16.5. The lowest BCUT2D eigenvalue weighted by atomic mass is 10.1. The fourth-order valence-electron chi connectivity index (χ4n) is 3.44. The molecule has 2 aromatic heterocycles. The normalized spacial score (nSPS) is 17.0. The van der Waals surface area contributed by atoms with E-state index in [1.807, 2.05) is 30.3 Å². The SMILES string of the molecule is Cc1noc(CC2C(=O)N(Cc3ccccc3)CCN2C(=O)c2cc(C)on2)n1. The van der Waals surface area contributed by atoms with E-state index in [9.17, 15) is 9.59 Å². The van der Waals surface area contributed by atoms with Gasteiger partial charge in [0, 0.05) is 25.7 Å². The maximum absolute atomic E-state index is 13.3. The Morgan fingerprint density at radius 2 is 1.93 bits per heavy atom. The summed E-state index contributed by atoms with van der Waals surface area (Å²) in [7, 11) is 0. The maximum Gasteiger partial charge on any atom is 0.276 e. The van der Waals surface area contributed by atoms with Gasteiger partial charge in [0.1, 0.15) is 11.8 Å². The molecule has 29 heavy (non-hydrogen) atoms. The molecule has 1 unspecified atom stereocenters. The van der Waals surface area contributed by atoms with Crippen molar-refractivity contribution in [1.29, 1.82) is 0 Å². The zero-order valence-corrected chi connectivity index (χ0v) is 16.2. The van der Waals surface area contributed by atoms with Crippen LogP contribution in [-0.4, -0.2) is 56.0 Å². The Hall–Kier alpha value is -3.49. The van der Waals surface area contributed by atoms with Crippen LogP contribution >= 0.6 is 0 Å². The molecule has 2 amide bonds. The van der Waals surface area contributed by atoms with Crippen LogP contribution in [0.15, 0.2) is 45.4 Å². The van der Waals surface area contributed by atoms with E-state index >= 15 is 0 Å². The van der Waals surface area contributed by atoms with Crippen molar-refractivity contribution in [3.63, 3.8) is 0 Å². The highest BCUT2D eigenvalue weighted by molar-refractivity contribution is 5.97. The second kappa shape index (κ2) is 7.86. The van der Waals surface area contributed by atoms with Gasteiger partial charge in [0.15, 0.2) is 11.5 Å². The number of amides is 2. The van der Waals surface area contributed by atoms with E-state index in [-0.39, 0.29) is 23.9 Å². The minimum absolute atomic E-state index is 0.146. The number of piperazine rings is 1. The van der Waals surface area contributed by atoms with Crippen LogP contribution in [0, 0.1) is 13.8 Å². The maximum atomic E-state index is 13.3. The molecule has 0 radical (unpaired) electrons. The molecule has 1 aliphatic heterocycles. The van der Waals surface area contributed by atoms with Gasteiger partial charge in [-0.05, 0) is 19.4 Å². The standard InChI is InChI=1S/C20H21N5O4/c1-13-10-16(23-28-13)19(26)25-9-8-24(12-15-6-4-3-5-7-15)20(27)17(25)11-18-21-14(2)22-29-18/h3-7,10,17H,8-9,11-12H2,1-2H3. The van der Waals surface area contributed by atoms with Crippen molar-refractivity contribution in [2.75, 3.05) is 13.1 Å². The van der Waals surface area contributed by atoms with Gasteiger partial charge in [0.2, 0.25) is 11.8 Å². The van der Waals surface area contributed by atoms with Gasteiger partial charge < -0.3 is 18.8 Å². The summed E-state index contributed by atoms with van der Waals surface area (Å²) >= 11 is 0. The third-order valence-corrected chi connectivity index (χ3v) is 4.85. The van der Waals surface area contributed by atoms with Crippen molar-refractivity contribution >= 4 is 11.8 Å². The molecule has 1 saturated heterocycles. The predicted molar refractivity (Wildman–Crippen MR) is 101 cm³/mol. The van der Waals surface area contributed by atoms with Crippen LogP contribution in [0.5, 0.6) is 0 Å². The van der Waals surface area contributed by atoms with Crippen LogP contribution < -0.4 is 0 Å². The first-order valence-corrected chi connectivity index (χ1v) is 9.37. The largest absolute Gasteiger partial charge is 0.361 e. The lowest BCUT2D eigenvalue weighted by molar-refractivity contribution is -0.141. The van der Waals surface area contributed by atoms with Gasteiger partial charge in [-0.15, -0.1) is 0 Å². The van der Waals surface area contributed by atoms with E-state index in [0.717, 1.165) is 5.56 Å². The molecule has 4 rings (SSSR count). The number of carbonyl (C=O) groups is 2. The number of nitrogens with zero attached hydrogens (tertiary/aromatic N) is 5. The number of rotatable bonds is 5. The summed E-state index contributed by atoms with van der Waals surface area (Å²) < 4.78 is 10.2. The lowest BCUT2D eigenvalue weighted by Crippen LogP contribution is -2.59. The number of aromatic nitrogens is 3. The van der Waals surface area contributed by atoms with E-state index in [2.05, 4.69) is 15.3 Å². The highest BCUT2D eigenvalue weighted by Crippen LogP contribution is 2.20. The molecule has 1 aliphatic rings.